The molecule has 3 heteroatoms. The first-order valence-corrected chi connectivity index (χ1v) is 6.11. The van der Waals surface area contributed by atoms with Gasteiger partial charge < -0.3 is 10.1 Å². The third-order valence-corrected chi connectivity index (χ3v) is 2.80. The zero-order valence-corrected chi connectivity index (χ0v) is 11.4. The van der Waals surface area contributed by atoms with E-state index in [9.17, 15) is 0 Å². The van der Waals surface area contributed by atoms with Crippen LogP contribution in [0.3, 0.4) is 0 Å². The van der Waals surface area contributed by atoms with Gasteiger partial charge in [0.15, 0.2) is 0 Å². The van der Waals surface area contributed by atoms with Crippen molar-refractivity contribution in [3.63, 3.8) is 0 Å². The van der Waals surface area contributed by atoms with Gasteiger partial charge in [0.1, 0.15) is 5.75 Å². The molecular formula is C13H21NOS. The summed E-state index contributed by atoms with van der Waals surface area (Å²) >= 11 is 4.15. The first-order chi connectivity index (χ1) is 7.49. The Morgan fingerprint density at radius 1 is 1.31 bits per heavy atom. The average Bonchev–Trinajstić information content (AvgIpc) is 2.24. The summed E-state index contributed by atoms with van der Waals surface area (Å²) < 4.78 is 5.35. The zero-order valence-electron chi connectivity index (χ0n) is 10.5. The van der Waals surface area contributed by atoms with E-state index >= 15 is 0 Å². The van der Waals surface area contributed by atoms with Crippen LogP contribution in [0.25, 0.3) is 0 Å². The van der Waals surface area contributed by atoms with E-state index in [0.29, 0.717) is 5.88 Å². The Bertz CT molecular complexity index is 344. The van der Waals surface area contributed by atoms with Gasteiger partial charge in [0.2, 0.25) is 0 Å². The summed E-state index contributed by atoms with van der Waals surface area (Å²) in [4.78, 5) is 0. The smallest absolute Gasteiger partial charge is 0.123 e. The van der Waals surface area contributed by atoms with E-state index in [4.69, 9.17) is 4.74 Å². The summed E-state index contributed by atoms with van der Waals surface area (Å²) in [6.07, 6.45) is 0. The van der Waals surface area contributed by atoms with Gasteiger partial charge in [0.25, 0.3) is 0 Å². The van der Waals surface area contributed by atoms with Crippen molar-refractivity contribution in [1.29, 1.82) is 0 Å². The lowest BCUT2D eigenvalue weighted by atomic mass is 9.86. The fourth-order valence-electron chi connectivity index (χ4n) is 1.57. The largest absolute Gasteiger partial charge is 0.496 e. The summed E-state index contributed by atoms with van der Waals surface area (Å²) in [5.74, 6) is 1.60. The molecule has 1 aromatic carbocycles. The maximum Gasteiger partial charge on any atom is 0.123 e. The summed E-state index contributed by atoms with van der Waals surface area (Å²) in [5.41, 5.74) is 2.68. The minimum absolute atomic E-state index is 0.169. The second kappa shape index (κ2) is 5.60. The molecule has 2 nitrogen and oxygen atoms in total. The molecule has 0 radical (unpaired) electrons. The molecule has 0 heterocycles. The Balaban J connectivity index is 3.01. The van der Waals surface area contributed by atoms with Crippen LogP contribution in [0.15, 0.2) is 18.2 Å². The predicted molar refractivity (Wildman–Crippen MR) is 72.4 cm³/mol. The van der Waals surface area contributed by atoms with Gasteiger partial charge in [-0.2, -0.15) is 12.6 Å². The molecule has 0 atom stereocenters. The van der Waals surface area contributed by atoms with Crippen molar-refractivity contribution in [2.75, 3.05) is 13.0 Å². The lowest BCUT2D eigenvalue weighted by Gasteiger charge is -2.21. The molecule has 0 fully saturated rings. The molecule has 1 aromatic rings. The van der Waals surface area contributed by atoms with Crippen molar-refractivity contribution in [1.82, 2.24) is 5.32 Å². The van der Waals surface area contributed by atoms with Gasteiger partial charge in [0, 0.05) is 18.0 Å². The van der Waals surface area contributed by atoms with Crippen molar-refractivity contribution >= 4 is 12.6 Å². The van der Waals surface area contributed by atoms with Crippen molar-refractivity contribution in [3.05, 3.63) is 29.3 Å². The molecule has 0 spiro atoms. The molecule has 0 aliphatic heterocycles. The molecule has 0 unspecified atom stereocenters. The average molecular weight is 239 g/mol. The van der Waals surface area contributed by atoms with Crippen LogP contribution in [0.4, 0.5) is 0 Å². The van der Waals surface area contributed by atoms with Gasteiger partial charge in [-0.05, 0) is 17.0 Å². The van der Waals surface area contributed by atoms with Crippen molar-refractivity contribution in [3.8, 4) is 5.75 Å². The number of thiol groups is 1. The zero-order chi connectivity index (χ0) is 12.2. The van der Waals surface area contributed by atoms with Crippen LogP contribution in [-0.2, 0) is 12.0 Å². The summed E-state index contributed by atoms with van der Waals surface area (Å²) in [7, 11) is 1.70. The standard InChI is InChI=1S/C13H21NOS/c1-13(2,3)11-5-6-12(15-4)10(7-11)8-14-9-16/h5-7,14,16H,8-9H2,1-4H3. The van der Waals surface area contributed by atoms with E-state index in [0.717, 1.165) is 12.3 Å². The molecule has 0 amide bonds. The normalized spacial score (nSPS) is 11.6. The highest BCUT2D eigenvalue weighted by molar-refractivity contribution is 7.80. The van der Waals surface area contributed by atoms with Crippen LogP contribution in [-0.4, -0.2) is 13.0 Å². The molecule has 0 bridgehead atoms. The topological polar surface area (TPSA) is 21.3 Å². The van der Waals surface area contributed by atoms with Crippen molar-refractivity contribution in [2.45, 2.75) is 32.7 Å². The summed E-state index contributed by atoms with van der Waals surface area (Å²) in [6, 6.07) is 6.37. The maximum atomic E-state index is 5.35. The van der Waals surface area contributed by atoms with E-state index in [2.05, 4.69) is 50.8 Å². The lowest BCUT2D eigenvalue weighted by molar-refractivity contribution is 0.407. The summed E-state index contributed by atoms with van der Waals surface area (Å²) in [5, 5.41) is 3.20. The van der Waals surface area contributed by atoms with Gasteiger partial charge in [-0.1, -0.05) is 32.9 Å². The van der Waals surface area contributed by atoms with E-state index < -0.39 is 0 Å². The minimum atomic E-state index is 0.169. The number of rotatable bonds is 4. The fraction of sp³-hybridized carbons (Fsp3) is 0.538. The Morgan fingerprint density at radius 3 is 2.50 bits per heavy atom. The van der Waals surface area contributed by atoms with Gasteiger partial charge >= 0.3 is 0 Å². The number of methoxy groups -OCH3 is 1. The molecule has 1 N–H and O–H groups in total. The summed E-state index contributed by atoms with van der Waals surface area (Å²) in [6.45, 7) is 7.43. The Kier molecular flexibility index (Phi) is 4.69. The van der Waals surface area contributed by atoms with Gasteiger partial charge in [0.05, 0.1) is 7.11 Å². The number of hydrogen-bond acceptors (Lipinski definition) is 3. The van der Waals surface area contributed by atoms with Crippen LogP contribution >= 0.6 is 12.6 Å². The Hall–Kier alpha value is -0.670. The van der Waals surface area contributed by atoms with Crippen LogP contribution < -0.4 is 10.1 Å². The van der Waals surface area contributed by atoms with E-state index in [1.54, 1.807) is 7.11 Å². The van der Waals surface area contributed by atoms with Gasteiger partial charge in [-0.15, -0.1) is 0 Å². The molecule has 90 valence electrons. The number of nitrogens with one attached hydrogen (secondary N) is 1. The van der Waals surface area contributed by atoms with Crippen LogP contribution in [0.1, 0.15) is 31.9 Å². The first-order valence-electron chi connectivity index (χ1n) is 5.48. The quantitative estimate of drug-likeness (QED) is 0.622. The second-order valence-corrected chi connectivity index (χ2v) is 5.18. The Labute approximate surface area is 104 Å². The van der Waals surface area contributed by atoms with Crippen molar-refractivity contribution < 1.29 is 4.74 Å². The fourth-order valence-corrected chi connectivity index (χ4v) is 1.69. The Morgan fingerprint density at radius 2 is 2.00 bits per heavy atom. The first kappa shape index (κ1) is 13.4. The highest BCUT2D eigenvalue weighted by Crippen LogP contribution is 2.27. The van der Waals surface area contributed by atoms with E-state index in [-0.39, 0.29) is 5.41 Å². The SMILES string of the molecule is COc1ccc(C(C)(C)C)cc1CNCS. The number of hydrogen-bond donors (Lipinski definition) is 2. The number of benzene rings is 1. The number of ether oxygens (including phenoxy) is 1. The molecule has 0 aliphatic carbocycles. The van der Waals surface area contributed by atoms with Crippen LogP contribution in [0, 0.1) is 0 Å². The maximum absolute atomic E-state index is 5.35. The van der Waals surface area contributed by atoms with Crippen LogP contribution in [0.2, 0.25) is 0 Å². The minimum Gasteiger partial charge on any atom is -0.496 e. The van der Waals surface area contributed by atoms with Gasteiger partial charge in [-0.3, -0.25) is 0 Å². The molecule has 0 aromatic heterocycles. The van der Waals surface area contributed by atoms with E-state index in [1.165, 1.54) is 11.1 Å². The van der Waals surface area contributed by atoms with Gasteiger partial charge in [-0.25, -0.2) is 0 Å². The molecular weight excluding hydrogens is 218 g/mol. The second-order valence-electron chi connectivity index (χ2n) is 4.86. The van der Waals surface area contributed by atoms with E-state index in [1.807, 2.05) is 6.07 Å². The molecule has 16 heavy (non-hydrogen) atoms. The van der Waals surface area contributed by atoms with Crippen LogP contribution in [0.5, 0.6) is 5.75 Å². The molecule has 0 saturated carbocycles. The third-order valence-electron chi connectivity index (χ3n) is 2.57. The molecule has 0 saturated heterocycles. The lowest BCUT2D eigenvalue weighted by Crippen LogP contribution is -2.15. The highest BCUT2D eigenvalue weighted by Gasteiger charge is 2.15. The molecule has 1 rings (SSSR count). The van der Waals surface area contributed by atoms with Crippen molar-refractivity contribution in [2.24, 2.45) is 0 Å². The molecule has 0 aliphatic rings. The third kappa shape index (κ3) is 3.42. The monoisotopic (exact) mass is 239 g/mol. The highest BCUT2D eigenvalue weighted by atomic mass is 32.1. The predicted octanol–water partition coefficient (Wildman–Crippen LogP) is 2.97.